The molecule has 3 N–H and O–H groups in total. The van der Waals surface area contributed by atoms with E-state index in [1.807, 2.05) is 6.92 Å². The van der Waals surface area contributed by atoms with Gasteiger partial charge in [0, 0.05) is 30.2 Å². The number of alkyl halides is 1. The van der Waals surface area contributed by atoms with Gasteiger partial charge in [-0.3, -0.25) is 37.0 Å². The summed E-state index contributed by atoms with van der Waals surface area (Å²) in [6.45, 7) is -5.42. The summed E-state index contributed by atoms with van der Waals surface area (Å²) >= 11 is 1.51. The fraction of sp³-hybridized carbons (Fsp3) is 0.397. The smallest absolute Gasteiger partial charge is 0.389 e. The van der Waals surface area contributed by atoms with Gasteiger partial charge in [0.15, 0.2) is 30.1 Å². The lowest BCUT2D eigenvalue weighted by molar-refractivity contribution is -0.0574. The summed E-state index contributed by atoms with van der Waals surface area (Å²) in [4.78, 5) is 66.2. The van der Waals surface area contributed by atoms with Crippen LogP contribution in [0.5, 0.6) is 17.2 Å². The molecule has 0 aliphatic carbocycles. The molecule has 27 heteroatoms. The standard InChI is InChI=1S/C58H64FN7O15P2S2/c1-3-4-5-6-7-8-9-10-29-73-42-25-19-41(20-26-42)57(69)78-44-21-13-38(14-22-44)33-84-82(71)75-32-47-51(49(59)55(79-47)65-28-27-48(67)64-58(65)70)81-83(72,85-34-39-15-23-43(24-16-39)77-56(68)40-17-11-37(2)12-18-40)74-31-45-30-46(80-82)54(76-45)66-36-63-50-52(60)61-35-62-53(50)66/h11-28,35-36,45-47,49,51,54-55H,3-10,29-34H2,1-2H3,(H2,60,61,62)(H,64,67,70)/t45-,46+,47+,49+,51+,54+,55+,82?,83?/m0/s1. The highest BCUT2D eigenvalue weighted by Gasteiger charge is 2.53. The average molecular weight is 1240 g/mol. The van der Waals surface area contributed by atoms with Crippen molar-refractivity contribution in [3.8, 4) is 17.2 Å². The van der Waals surface area contributed by atoms with Crippen molar-refractivity contribution >= 4 is 65.3 Å². The van der Waals surface area contributed by atoms with Crippen molar-refractivity contribution in [1.29, 1.82) is 0 Å². The molecule has 2 bridgehead atoms. The molecule has 3 saturated heterocycles. The van der Waals surface area contributed by atoms with E-state index < -0.39 is 93.0 Å². The van der Waals surface area contributed by atoms with Crippen molar-refractivity contribution in [3.05, 3.63) is 171 Å². The maximum Gasteiger partial charge on any atom is 0.389 e. The number of imidazole rings is 1. The highest BCUT2D eigenvalue weighted by molar-refractivity contribution is 8.55. The molecule has 0 amide bonds. The molecule has 3 aliphatic rings. The number of unbranched alkanes of at least 4 members (excludes halogenated alkanes) is 7. The second-order valence-corrected chi connectivity index (χ2v) is 28.6. The minimum atomic E-state index is -4.53. The molecule has 0 spiro atoms. The van der Waals surface area contributed by atoms with Crippen molar-refractivity contribution in [3.63, 3.8) is 0 Å². The molecule has 7 aromatic rings. The number of hydrogen-bond acceptors (Lipinski definition) is 21. The van der Waals surface area contributed by atoms with E-state index in [4.69, 9.17) is 47.5 Å². The number of nitrogens with one attached hydrogen (secondary N) is 1. The van der Waals surface area contributed by atoms with Crippen molar-refractivity contribution < 1.29 is 64.9 Å². The lowest BCUT2D eigenvalue weighted by atomic mass is 10.1. The number of nitrogens with two attached hydrogens (primary N) is 1. The van der Waals surface area contributed by atoms with E-state index in [0.717, 1.165) is 58.0 Å². The quantitative estimate of drug-likeness (QED) is 0.0276. The molecule has 10 rings (SSSR count). The van der Waals surface area contributed by atoms with E-state index in [1.54, 1.807) is 97.1 Å². The Morgan fingerprint density at radius 2 is 1.28 bits per heavy atom. The van der Waals surface area contributed by atoms with Crippen molar-refractivity contribution in [2.24, 2.45) is 0 Å². The van der Waals surface area contributed by atoms with E-state index >= 15 is 13.5 Å². The summed E-state index contributed by atoms with van der Waals surface area (Å²) in [5.41, 5.74) is 7.78. The van der Waals surface area contributed by atoms with E-state index in [2.05, 4.69) is 26.9 Å². The Hall–Kier alpha value is -6.50. The van der Waals surface area contributed by atoms with Crippen LogP contribution >= 0.6 is 36.4 Å². The zero-order valence-corrected chi connectivity index (χ0v) is 49.9. The number of anilines is 1. The number of rotatable bonds is 22. The summed E-state index contributed by atoms with van der Waals surface area (Å²) in [5, 5.41) is 0. The van der Waals surface area contributed by atoms with E-state index in [-0.39, 0.29) is 46.4 Å². The number of aromatic nitrogens is 6. The summed E-state index contributed by atoms with van der Waals surface area (Å²) < 4.78 is 105. The molecule has 85 heavy (non-hydrogen) atoms. The zero-order chi connectivity index (χ0) is 59.5. The third-order valence-corrected chi connectivity index (χ3v) is 21.6. The second-order valence-electron chi connectivity index (χ2n) is 20.5. The Morgan fingerprint density at radius 3 is 1.92 bits per heavy atom. The minimum Gasteiger partial charge on any atom is -0.494 e. The van der Waals surface area contributed by atoms with Crippen molar-refractivity contribution in [2.75, 3.05) is 25.6 Å². The van der Waals surface area contributed by atoms with Crippen LogP contribution in [0.15, 0.2) is 132 Å². The molecule has 6 heterocycles. The predicted molar refractivity (Wildman–Crippen MR) is 316 cm³/mol. The van der Waals surface area contributed by atoms with Crippen molar-refractivity contribution in [2.45, 2.75) is 126 Å². The number of benzene rings is 4. The number of nitrogens with zero attached hydrogens (tertiary/aromatic N) is 5. The summed E-state index contributed by atoms with van der Waals surface area (Å²) in [5.74, 6) is 0.0742. The highest BCUT2D eigenvalue weighted by atomic mass is 32.7. The first-order chi connectivity index (χ1) is 41.1. The third-order valence-electron chi connectivity index (χ3n) is 14.2. The number of H-pyrrole nitrogens is 1. The topological polar surface area (TPSA) is 276 Å². The molecule has 2 unspecified atom stereocenters. The molecule has 22 nitrogen and oxygen atoms in total. The van der Waals surface area contributed by atoms with Gasteiger partial charge < -0.3 is 29.4 Å². The Balaban J connectivity index is 0.862. The Kier molecular flexibility index (Phi) is 20.5. The molecule has 0 radical (unpaired) electrons. The number of hydrogen-bond donors (Lipinski definition) is 2. The largest absolute Gasteiger partial charge is 0.494 e. The number of nitrogen functional groups attached to an aromatic ring is 1. The first kappa shape index (κ1) is 61.6. The highest BCUT2D eigenvalue weighted by Crippen LogP contribution is 2.67. The molecule has 3 fully saturated rings. The van der Waals surface area contributed by atoms with Crippen LogP contribution in [0.3, 0.4) is 0 Å². The van der Waals surface area contributed by atoms with Gasteiger partial charge in [-0.1, -0.05) is 93.8 Å². The van der Waals surface area contributed by atoms with Gasteiger partial charge in [-0.15, -0.1) is 0 Å². The van der Waals surface area contributed by atoms with Crippen LogP contribution in [0.1, 0.15) is 115 Å². The van der Waals surface area contributed by atoms with E-state index in [0.29, 0.717) is 34.6 Å². The van der Waals surface area contributed by atoms with Gasteiger partial charge in [-0.25, -0.2) is 42.9 Å². The molecular weight excluding hydrogens is 1180 g/mol. The Bertz CT molecular complexity index is 3640. The normalized spacial score (nSPS) is 24.2. The maximum atomic E-state index is 17.1. The number of halogens is 1. The monoisotopic (exact) mass is 1240 g/mol. The number of carbonyl (C=O) groups is 2. The van der Waals surface area contributed by atoms with Crippen LogP contribution in [0, 0.1) is 6.92 Å². The maximum absolute atomic E-state index is 17.1. The van der Waals surface area contributed by atoms with Crippen LogP contribution in [0.4, 0.5) is 10.2 Å². The second kappa shape index (κ2) is 28.3. The van der Waals surface area contributed by atoms with Gasteiger partial charge >= 0.3 is 31.2 Å². The van der Waals surface area contributed by atoms with Gasteiger partial charge in [-0.2, -0.15) is 0 Å². The van der Waals surface area contributed by atoms with Crippen molar-refractivity contribution in [1.82, 2.24) is 29.1 Å². The Labute approximate surface area is 496 Å². The number of ether oxygens (including phenoxy) is 5. The van der Waals surface area contributed by atoms with Gasteiger partial charge in [0.05, 0.1) is 43.4 Å². The summed E-state index contributed by atoms with van der Waals surface area (Å²) in [6.07, 6.45) is 2.71. The van der Waals surface area contributed by atoms with Gasteiger partial charge in [0.2, 0.25) is 0 Å². The van der Waals surface area contributed by atoms with Gasteiger partial charge in [0.1, 0.15) is 47.4 Å². The molecule has 4 aromatic carbocycles. The number of fused-ring (bicyclic) bond motifs is 4. The number of carbonyl (C=O) groups excluding carboxylic acids is 2. The predicted octanol–water partition coefficient (Wildman–Crippen LogP) is 11.6. The van der Waals surface area contributed by atoms with Crippen LogP contribution in [-0.4, -0.2) is 91.4 Å². The molecule has 9 atom stereocenters. The molecule has 450 valence electrons. The molecular formula is C58H64FN7O15P2S2. The fourth-order valence-electron chi connectivity index (χ4n) is 9.62. The lowest BCUT2D eigenvalue weighted by Gasteiger charge is -2.28. The van der Waals surface area contributed by atoms with E-state index in [1.165, 1.54) is 55.7 Å². The fourth-order valence-corrected chi connectivity index (χ4v) is 16.4. The molecule has 3 aromatic heterocycles. The van der Waals surface area contributed by atoms with Crippen LogP contribution in [-0.2, 0) is 48.2 Å². The van der Waals surface area contributed by atoms with Crippen LogP contribution < -0.4 is 31.2 Å². The van der Waals surface area contributed by atoms with Gasteiger partial charge in [-0.05, 0) is 108 Å². The number of aromatic amines is 1. The molecule has 3 aliphatic heterocycles. The zero-order valence-electron chi connectivity index (χ0n) is 46.5. The van der Waals surface area contributed by atoms with Gasteiger partial charge in [0.25, 0.3) is 5.56 Å². The number of aryl methyl sites for hydroxylation is 1. The summed E-state index contributed by atoms with van der Waals surface area (Å²) in [6, 6.07) is 27.6. The first-order valence-corrected chi connectivity index (χ1v) is 34.1. The Morgan fingerprint density at radius 1 is 0.694 bits per heavy atom. The first-order valence-electron chi connectivity index (χ1n) is 27.9. The van der Waals surface area contributed by atoms with Crippen LogP contribution in [0.2, 0.25) is 0 Å². The summed E-state index contributed by atoms with van der Waals surface area (Å²) in [7, 11) is 0. The number of esters is 2. The lowest BCUT2D eigenvalue weighted by Crippen LogP contribution is -2.36. The van der Waals surface area contributed by atoms with Crippen LogP contribution in [0.25, 0.3) is 11.2 Å². The molecule has 0 saturated carbocycles. The minimum absolute atomic E-state index is 0.00304. The average Bonchev–Trinajstić information content (AvgIpc) is 2.48. The van der Waals surface area contributed by atoms with E-state index in [9.17, 15) is 19.2 Å². The SMILES string of the molecule is CCCCCCCCCCOc1ccc(C(=O)Oc2ccc(CSP3(=O)OC[C@H]4O[C@@H](n5ccc(=O)[nH]c5=O)[C@H](F)[C@@H]4OP(=O)(SCc4ccc(OC(=O)c5ccc(C)cc5)cc4)OC[C@@H]4C[C@@H](O3)[C@H](n3cnc5c(N)ncnc53)O4)cc2)cc1. The third kappa shape index (κ3) is 15.9.